The number of amides is 1. The van der Waals surface area contributed by atoms with E-state index in [4.69, 9.17) is 9.26 Å². The third-order valence-corrected chi connectivity index (χ3v) is 2.80. The molecule has 6 heteroatoms. The molecule has 1 N–H and O–H groups in total. The van der Waals surface area contributed by atoms with Crippen LogP contribution in [0.4, 0.5) is 4.39 Å². The molecular weight excluding hydrogens is 275 g/mol. The molecule has 1 amide bonds. The minimum Gasteiger partial charge on any atom is -0.494 e. The van der Waals surface area contributed by atoms with Crippen LogP contribution >= 0.6 is 0 Å². The molecule has 1 heterocycles. The molecule has 0 fully saturated rings. The first kappa shape index (κ1) is 15.0. The molecule has 0 saturated carbocycles. The smallest absolute Gasteiger partial charge is 0.273 e. The van der Waals surface area contributed by atoms with Gasteiger partial charge in [-0.15, -0.1) is 0 Å². The summed E-state index contributed by atoms with van der Waals surface area (Å²) in [5.41, 5.74) is 0.287. The average molecular weight is 292 g/mol. The van der Waals surface area contributed by atoms with Gasteiger partial charge >= 0.3 is 0 Å². The Morgan fingerprint density at radius 2 is 2.10 bits per heavy atom. The normalized spacial score (nSPS) is 10.4. The number of unbranched alkanes of at least 4 members (excludes halogenated alkanes) is 1. The summed E-state index contributed by atoms with van der Waals surface area (Å²) in [6, 6.07) is 7.48. The molecule has 1 aromatic heterocycles. The Bertz CT molecular complexity index is 581. The molecule has 0 atom stereocenters. The number of carbonyl (C=O) groups is 1. The van der Waals surface area contributed by atoms with E-state index < -0.39 is 0 Å². The maximum atomic E-state index is 12.7. The van der Waals surface area contributed by atoms with Gasteiger partial charge in [-0.05, 0) is 44.0 Å². The van der Waals surface area contributed by atoms with Crippen LogP contribution in [0.3, 0.4) is 0 Å². The van der Waals surface area contributed by atoms with Crippen molar-refractivity contribution >= 4 is 5.91 Å². The van der Waals surface area contributed by atoms with Gasteiger partial charge in [0.25, 0.3) is 5.91 Å². The maximum Gasteiger partial charge on any atom is 0.273 e. The Labute approximate surface area is 122 Å². The van der Waals surface area contributed by atoms with Crippen molar-refractivity contribution in [2.75, 3.05) is 13.2 Å². The minimum absolute atomic E-state index is 0.244. The molecule has 2 rings (SSSR count). The summed E-state index contributed by atoms with van der Waals surface area (Å²) >= 11 is 0. The van der Waals surface area contributed by atoms with Gasteiger partial charge in [0.15, 0.2) is 5.69 Å². The van der Waals surface area contributed by atoms with E-state index in [1.165, 1.54) is 12.1 Å². The Hall–Kier alpha value is -2.37. The maximum absolute atomic E-state index is 12.7. The predicted octanol–water partition coefficient (Wildman–Crippen LogP) is 2.71. The lowest BCUT2D eigenvalue weighted by Crippen LogP contribution is -2.25. The van der Waals surface area contributed by atoms with Crippen molar-refractivity contribution in [3.05, 3.63) is 47.6 Å². The van der Waals surface area contributed by atoms with E-state index >= 15 is 0 Å². The number of ether oxygens (including phenoxy) is 1. The second kappa shape index (κ2) is 7.42. The number of aryl methyl sites for hydroxylation is 1. The van der Waals surface area contributed by atoms with Crippen molar-refractivity contribution in [2.24, 2.45) is 0 Å². The molecule has 1 aromatic carbocycles. The third kappa shape index (κ3) is 4.91. The number of carbonyl (C=O) groups excluding carboxylic acids is 1. The van der Waals surface area contributed by atoms with Crippen LogP contribution in [-0.4, -0.2) is 24.2 Å². The lowest BCUT2D eigenvalue weighted by Gasteiger charge is -2.06. The monoisotopic (exact) mass is 292 g/mol. The lowest BCUT2D eigenvalue weighted by molar-refractivity contribution is 0.0943. The molecule has 0 aliphatic rings. The zero-order valence-electron chi connectivity index (χ0n) is 11.8. The zero-order valence-corrected chi connectivity index (χ0v) is 11.8. The van der Waals surface area contributed by atoms with Gasteiger partial charge < -0.3 is 14.6 Å². The van der Waals surface area contributed by atoms with E-state index in [9.17, 15) is 9.18 Å². The van der Waals surface area contributed by atoms with Crippen LogP contribution in [0.1, 0.15) is 29.1 Å². The Morgan fingerprint density at radius 3 is 2.76 bits per heavy atom. The van der Waals surface area contributed by atoms with Gasteiger partial charge in [-0.1, -0.05) is 5.16 Å². The number of benzene rings is 1. The summed E-state index contributed by atoms with van der Waals surface area (Å²) < 4.78 is 23.0. The van der Waals surface area contributed by atoms with E-state index in [2.05, 4.69) is 10.5 Å². The summed E-state index contributed by atoms with van der Waals surface area (Å²) in [5.74, 6) is 0.714. The fourth-order valence-electron chi connectivity index (χ4n) is 1.71. The SMILES string of the molecule is Cc1cc(C(=O)NCCCCOc2ccc(F)cc2)no1. The van der Waals surface area contributed by atoms with Crippen molar-refractivity contribution in [3.63, 3.8) is 0 Å². The predicted molar refractivity (Wildman–Crippen MR) is 74.7 cm³/mol. The highest BCUT2D eigenvalue weighted by atomic mass is 19.1. The molecule has 0 aliphatic heterocycles. The molecule has 21 heavy (non-hydrogen) atoms. The van der Waals surface area contributed by atoms with Crippen LogP contribution in [0.25, 0.3) is 0 Å². The quantitative estimate of drug-likeness (QED) is 0.797. The van der Waals surface area contributed by atoms with Crippen LogP contribution in [0.2, 0.25) is 0 Å². The van der Waals surface area contributed by atoms with Crippen molar-refractivity contribution in [1.29, 1.82) is 0 Å². The standard InChI is InChI=1S/C15H17FN2O3/c1-11-10-14(18-21-11)15(19)17-8-2-3-9-20-13-6-4-12(16)5-7-13/h4-7,10H,2-3,8-9H2,1H3,(H,17,19). The first-order valence-electron chi connectivity index (χ1n) is 6.75. The fourth-order valence-corrected chi connectivity index (χ4v) is 1.71. The lowest BCUT2D eigenvalue weighted by atomic mass is 10.3. The number of hydrogen-bond acceptors (Lipinski definition) is 4. The molecule has 112 valence electrons. The molecule has 0 unspecified atom stereocenters. The van der Waals surface area contributed by atoms with E-state index in [1.54, 1.807) is 25.1 Å². The highest BCUT2D eigenvalue weighted by molar-refractivity contribution is 5.92. The van der Waals surface area contributed by atoms with Crippen molar-refractivity contribution in [1.82, 2.24) is 10.5 Å². The largest absolute Gasteiger partial charge is 0.494 e. The highest BCUT2D eigenvalue weighted by Gasteiger charge is 2.09. The van der Waals surface area contributed by atoms with E-state index in [0.29, 0.717) is 24.7 Å². The summed E-state index contributed by atoms with van der Waals surface area (Å²) in [6.45, 7) is 2.79. The molecule has 2 aromatic rings. The molecule has 0 spiro atoms. The van der Waals surface area contributed by atoms with Crippen molar-refractivity contribution in [3.8, 4) is 5.75 Å². The van der Waals surface area contributed by atoms with Crippen LogP contribution in [-0.2, 0) is 0 Å². The summed E-state index contributed by atoms with van der Waals surface area (Å²) in [5, 5.41) is 6.39. The van der Waals surface area contributed by atoms with Crippen molar-refractivity contribution in [2.45, 2.75) is 19.8 Å². The van der Waals surface area contributed by atoms with Gasteiger partial charge in [-0.2, -0.15) is 0 Å². The number of halogens is 1. The molecule has 0 saturated heterocycles. The van der Waals surface area contributed by atoms with Crippen molar-refractivity contribution < 1.29 is 18.4 Å². The average Bonchev–Trinajstić information content (AvgIpc) is 2.91. The van der Waals surface area contributed by atoms with Crippen LogP contribution in [0.5, 0.6) is 5.75 Å². The van der Waals surface area contributed by atoms with E-state index in [0.717, 1.165) is 12.8 Å². The molecule has 0 aliphatic carbocycles. The summed E-state index contributed by atoms with van der Waals surface area (Å²) in [6.07, 6.45) is 1.57. The summed E-state index contributed by atoms with van der Waals surface area (Å²) in [4.78, 5) is 11.6. The Balaban J connectivity index is 1.58. The van der Waals surface area contributed by atoms with Gasteiger partial charge in [0.05, 0.1) is 6.61 Å². The van der Waals surface area contributed by atoms with Gasteiger partial charge in [0.2, 0.25) is 0 Å². The fraction of sp³-hybridized carbons (Fsp3) is 0.333. The topological polar surface area (TPSA) is 64.4 Å². The van der Waals surface area contributed by atoms with E-state index in [1.807, 2.05) is 0 Å². The van der Waals surface area contributed by atoms with E-state index in [-0.39, 0.29) is 17.4 Å². The second-order valence-electron chi connectivity index (χ2n) is 4.59. The highest BCUT2D eigenvalue weighted by Crippen LogP contribution is 2.11. The zero-order chi connectivity index (χ0) is 15.1. The molecule has 5 nitrogen and oxygen atoms in total. The number of nitrogens with one attached hydrogen (secondary N) is 1. The van der Waals surface area contributed by atoms with Crippen LogP contribution in [0, 0.1) is 12.7 Å². The summed E-state index contributed by atoms with van der Waals surface area (Å²) in [7, 11) is 0. The first-order chi connectivity index (χ1) is 10.1. The van der Waals surface area contributed by atoms with Gasteiger partial charge in [-0.25, -0.2) is 4.39 Å². The number of rotatable bonds is 7. The Kier molecular flexibility index (Phi) is 5.31. The number of aromatic nitrogens is 1. The second-order valence-corrected chi connectivity index (χ2v) is 4.59. The van der Waals surface area contributed by atoms with Crippen LogP contribution in [0.15, 0.2) is 34.9 Å². The molecule has 0 bridgehead atoms. The van der Waals surface area contributed by atoms with Gasteiger partial charge in [0, 0.05) is 12.6 Å². The number of nitrogens with zero attached hydrogens (tertiary/aromatic N) is 1. The molecular formula is C15H17FN2O3. The first-order valence-corrected chi connectivity index (χ1v) is 6.75. The van der Waals surface area contributed by atoms with Gasteiger partial charge in [-0.3, -0.25) is 4.79 Å². The number of hydrogen-bond donors (Lipinski definition) is 1. The van der Waals surface area contributed by atoms with Crippen LogP contribution < -0.4 is 10.1 Å². The third-order valence-electron chi connectivity index (χ3n) is 2.80. The minimum atomic E-state index is -0.284. The molecule has 0 radical (unpaired) electrons. The van der Waals surface area contributed by atoms with Gasteiger partial charge in [0.1, 0.15) is 17.3 Å². The Morgan fingerprint density at radius 1 is 1.33 bits per heavy atom.